The molecule has 4 nitrogen and oxygen atoms in total. The first-order valence-corrected chi connectivity index (χ1v) is 10.5. The number of rotatable bonds is 2. The van der Waals surface area contributed by atoms with Crippen molar-refractivity contribution in [3.8, 4) is 11.1 Å². The zero-order chi connectivity index (χ0) is 20.8. The third kappa shape index (κ3) is 4.77. The summed E-state index contributed by atoms with van der Waals surface area (Å²) in [6.07, 6.45) is 7.37. The lowest BCUT2D eigenvalue weighted by atomic mass is 10.1. The van der Waals surface area contributed by atoms with Crippen LogP contribution >= 0.6 is 0 Å². The fourth-order valence-electron chi connectivity index (χ4n) is 3.75. The molecule has 30 heavy (non-hydrogen) atoms. The monoisotopic (exact) mass is 399 g/mol. The van der Waals surface area contributed by atoms with Crippen molar-refractivity contribution in [3.05, 3.63) is 95.1 Å². The number of aromatic amines is 1. The summed E-state index contributed by atoms with van der Waals surface area (Å²) in [5.74, 6) is 0. The summed E-state index contributed by atoms with van der Waals surface area (Å²) in [5, 5.41) is 0.952. The number of aryl methyl sites for hydroxylation is 1. The number of hydrogen-bond donors (Lipinski definition) is 0. The Hall–Kier alpha value is -3.40. The van der Waals surface area contributed by atoms with Crippen LogP contribution in [0, 0.1) is 6.92 Å². The van der Waals surface area contributed by atoms with Crippen LogP contribution in [-0.4, -0.2) is 13.1 Å². The molecule has 3 heterocycles. The zero-order valence-electron chi connectivity index (χ0n) is 17.3. The van der Waals surface area contributed by atoms with Gasteiger partial charge in [0.15, 0.2) is 12.4 Å². The first-order valence-electron chi connectivity index (χ1n) is 10.5. The van der Waals surface area contributed by atoms with Crippen molar-refractivity contribution in [1.29, 1.82) is 0 Å². The molecule has 1 saturated heterocycles. The van der Waals surface area contributed by atoms with Crippen LogP contribution in [0.1, 0.15) is 24.8 Å². The summed E-state index contributed by atoms with van der Waals surface area (Å²) < 4.78 is 5.59. The van der Waals surface area contributed by atoms with Gasteiger partial charge in [0.1, 0.15) is 5.58 Å². The minimum Gasteiger partial charge on any atom is -0.422 e. The maximum Gasteiger partial charge on any atom is 0.344 e. The van der Waals surface area contributed by atoms with E-state index >= 15 is 0 Å². The second-order valence-corrected chi connectivity index (χ2v) is 7.66. The van der Waals surface area contributed by atoms with E-state index in [0.29, 0.717) is 11.1 Å². The van der Waals surface area contributed by atoms with Crippen LogP contribution < -0.4 is 15.5 Å². The number of piperidine rings is 1. The Morgan fingerprint density at radius 2 is 1.60 bits per heavy atom. The summed E-state index contributed by atoms with van der Waals surface area (Å²) in [5.41, 5.74) is 4.28. The Labute approximate surface area is 176 Å². The number of pyridine rings is 1. The molecule has 0 amide bonds. The second kappa shape index (κ2) is 9.40. The Morgan fingerprint density at radius 3 is 2.27 bits per heavy atom. The quantitative estimate of drug-likeness (QED) is 0.432. The molecule has 1 fully saturated rings. The highest BCUT2D eigenvalue weighted by Crippen LogP contribution is 2.26. The third-order valence-electron chi connectivity index (χ3n) is 5.41. The number of nitrogens with zero attached hydrogens (tertiary/aromatic N) is 1. The predicted molar refractivity (Wildman–Crippen MR) is 122 cm³/mol. The fourth-order valence-corrected chi connectivity index (χ4v) is 3.75. The molecular weight excluding hydrogens is 372 g/mol. The van der Waals surface area contributed by atoms with E-state index in [0.717, 1.165) is 29.7 Å². The molecule has 4 heteroatoms. The van der Waals surface area contributed by atoms with E-state index in [9.17, 15) is 4.79 Å². The van der Waals surface area contributed by atoms with E-state index in [1.54, 1.807) is 12.4 Å². The van der Waals surface area contributed by atoms with E-state index < -0.39 is 0 Å². The maximum absolute atomic E-state index is 12.3. The van der Waals surface area contributed by atoms with Crippen LogP contribution in [0.3, 0.4) is 0 Å². The number of benzene rings is 2. The van der Waals surface area contributed by atoms with E-state index in [1.807, 2.05) is 48.5 Å². The van der Waals surface area contributed by atoms with Crippen molar-refractivity contribution in [2.45, 2.75) is 26.2 Å². The molecule has 0 bridgehead atoms. The van der Waals surface area contributed by atoms with Gasteiger partial charge in [0.25, 0.3) is 0 Å². The highest BCUT2D eigenvalue weighted by Gasteiger charge is 2.13. The number of hydrogen-bond acceptors (Lipinski definition) is 3. The van der Waals surface area contributed by atoms with Crippen LogP contribution in [0.25, 0.3) is 22.1 Å². The normalized spacial score (nSPS) is 13.6. The SMILES string of the molecule is Cc1ccccc1.O=c1oc2cc(N3CCCCC3)ccc2cc1-c1cc[nH+]cc1. The molecule has 0 saturated carbocycles. The molecule has 0 radical (unpaired) electrons. The van der Waals surface area contributed by atoms with Crippen LogP contribution in [0.2, 0.25) is 0 Å². The molecule has 5 rings (SSSR count). The van der Waals surface area contributed by atoms with E-state index in [-0.39, 0.29) is 5.63 Å². The predicted octanol–water partition coefficient (Wildman–Crippen LogP) is 5.26. The van der Waals surface area contributed by atoms with Gasteiger partial charge in [-0.15, -0.1) is 0 Å². The summed E-state index contributed by atoms with van der Waals surface area (Å²) in [7, 11) is 0. The van der Waals surface area contributed by atoms with E-state index in [2.05, 4.69) is 35.0 Å². The van der Waals surface area contributed by atoms with E-state index in [1.165, 1.54) is 24.8 Å². The number of fused-ring (bicyclic) bond motifs is 1. The Morgan fingerprint density at radius 1 is 0.867 bits per heavy atom. The van der Waals surface area contributed by atoms with Gasteiger partial charge in [0.05, 0.1) is 5.56 Å². The Bertz CT molecular complexity index is 1150. The van der Waals surface area contributed by atoms with Gasteiger partial charge in [-0.1, -0.05) is 35.9 Å². The van der Waals surface area contributed by atoms with Gasteiger partial charge in [-0.2, -0.15) is 0 Å². The topological polar surface area (TPSA) is 47.6 Å². The zero-order valence-corrected chi connectivity index (χ0v) is 17.3. The van der Waals surface area contributed by atoms with Crippen LogP contribution in [0.15, 0.2) is 88.3 Å². The molecule has 0 unspecified atom stereocenters. The standard InChI is InChI=1S/C19H18N2O2.C7H8/c22-19-17(14-6-8-20-9-7-14)12-15-4-5-16(13-18(15)23-19)21-10-2-1-3-11-21;1-7-5-3-2-4-6-7/h4-9,12-13H,1-3,10-11H2;2-6H,1H3/p+1. The van der Waals surface area contributed by atoms with Crippen molar-refractivity contribution in [1.82, 2.24) is 0 Å². The van der Waals surface area contributed by atoms with Gasteiger partial charge in [-0.05, 0) is 44.4 Å². The fraction of sp³-hybridized carbons (Fsp3) is 0.231. The van der Waals surface area contributed by atoms with Gasteiger partial charge in [0, 0.05) is 47.9 Å². The van der Waals surface area contributed by atoms with Crippen molar-refractivity contribution in [2.75, 3.05) is 18.0 Å². The largest absolute Gasteiger partial charge is 0.422 e. The Kier molecular flexibility index (Phi) is 6.23. The van der Waals surface area contributed by atoms with Crippen molar-refractivity contribution in [3.63, 3.8) is 0 Å². The summed E-state index contributed by atoms with van der Waals surface area (Å²) in [4.78, 5) is 17.7. The molecule has 0 spiro atoms. The van der Waals surface area contributed by atoms with Crippen molar-refractivity contribution in [2.24, 2.45) is 0 Å². The minimum absolute atomic E-state index is 0.292. The number of aromatic nitrogens is 1. The average molecular weight is 400 g/mol. The van der Waals surface area contributed by atoms with Gasteiger partial charge < -0.3 is 9.32 Å². The van der Waals surface area contributed by atoms with Gasteiger partial charge in [0.2, 0.25) is 0 Å². The van der Waals surface area contributed by atoms with Crippen molar-refractivity contribution < 1.29 is 9.40 Å². The van der Waals surface area contributed by atoms with E-state index in [4.69, 9.17) is 4.42 Å². The molecule has 1 N–H and O–H groups in total. The third-order valence-corrected chi connectivity index (χ3v) is 5.41. The van der Waals surface area contributed by atoms with Gasteiger partial charge >= 0.3 is 5.63 Å². The summed E-state index contributed by atoms with van der Waals surface area (Å²) in [6.45, 7) is 4.24. The lowest BCUT2D eigenvalue weighted by Crippen LogP contribution is -2.29. The lowest BCUT2D eigenvalue weighted by Gasteiger charge is -2.28. The van der Waals surface area contributed by atoms with Gasteiger partial charge in [-0.3, -0.25) is 0 Å². The molecule has 0 atom stereocenters. The lowest BCUT2D eigenvalue weighted by molar-refractivity contribution is -0.377. The number of nitrogens with one attached hydrogen (secondary N) is 1. The summed E-state index contributed by atoms with van der Waals surface area (Å²) >= 11 is 0. The van der Waals surface area contributed by atoms with Crippen LogP contribution in [-0.2, 0) is 0 Å². The molecule has 4 aromatic rings. The maximum atomic E-state index is 12.3. The van der Waals surface area contributed by atoms with Crippen LogP contribution in [0.4, 0.5) is 5.69 Å². The minimum atomic E-state index is -0.292. The molecule has 2 aromatic carbocycles. The number of H-pyrrole nitrogens is 1. The highest BCUT2D eigenvalue weighted by molar-refractivity contribution is 5.84. The van der Waals surface area contributed by atoms with Gasteiger partial charge in [-0.25, -0.2) is 9.78 Å². The first-order chi connectivity index (χ1) is 14.7. The number of anilines is 1. The molecule has 2 aromatic heterocycles. The molecule has 1 aliphatic rings. The Balaban J connectivity index is 0.000000265. The molecule has 152 valence electrons. The molecule has 1 aliphatic heterocycles. The highest BCUT2D eigenvalue weighted by atomic mass is 16.4. The molecule has 0 aliphatic carbocycles. The first kappa shape index (κ1) is 19.9. The van der Waals surface area contributed by atoms with Crippen LogP contribution in [0.5, 0.6) is 0 Å². The summed E-state index contributed by atoms with van der Waals surface area (Å²) in [6, 6.07) is 22.1. The molecular formula is C26H27N2O2+. The average Bonchev–Trinajstić information content (AvgIpc) is 2.80. The second-order valence-electron chi connectivity index (χ2n) is 7.66. The van der Waals surface area contributed by atoms with Crippen molar-refractivity contribution >= 4 is 16.7 Å². The smallest absolute Gasteiger partial charge is 0.344 e.